The Labute approximate surface area is 165 Å². The predicted molar refractivity (Wildman–Crippen MR) is 106 cm³/mol. The molecular weight excluding hydrogens is 358 g/mol. The molecule has 0 radical (unpaired) electrons. The Kier molecular flexibility index (Phi) is 6.41. The Balaban J connectivity index is 1.77. The summed E-state index contributed by atoms with van der Waals surface area (Å²) in [5, 5.41) is 21.2. The Morgan fingerprint density at radius 1 is 1.07 bits per heavy atom. The van der Waals surface area contributed by atoms with Crippen LogP contribution in [-0.4, -0.2) is 53.4 Å². The van der Waals surface area contributed by atoms with Crippen LogP contribution in [0.2, 0.25) is 0 Å². The minimum absolute atomic E-state index is 0.142. The standard InChI is InChI=1S/C22H27NO5/c1-23(22(26)17-13-12-16(27-2)14-19(17)24)18-10-6-7-11-20(21(18)25)28-15-8-4-3-5-9-15/h3-5,8-9,12-14,18,20-21,24-25H,6-7,10-11H2,1-2H3/t18-,20-,21-/m1/s1. The largest absolute Gasteiger partial charge is 0.507 e. The lowest BCUT2D eigenvalue weighted by molar-refractivity contribution is -0.0143. The van der Waals surface area contributed by atoms with Crippen molar-refractivity contribution in [3.05, 3.63) is 54.1 Å². The van der Waals surface area contributed by atoms with Crippen molar-refractivity contribution in [3.8, 4) is 17.2 Å². The number of para-hydroxylation sites is 1. The SMILES string of the molecule is COc1ccc(C(=O)N(C)[C@@H]2CCCC[C@@H](Oc3ccccc3)[C@@H]2O)c(O)c1. The molecule has 6 heteroatoms. The van der Waals surface area contributed by atoms with Gasteiger partial charge in [-0.1, -0.05) is 24.6 Å². The number of amides is 1. The lowest BCUT2D eigenvalue weighted by atomic mass is 10.0. The molecule has 0 unspecified atom stereocenters. The molecular formula is C22H27NO5. The van der Waals surface area contributed by atoms with Crippen LogP contribution in [0, 0.1) is 0 Å². The normalized spacial score (nSPS) is 22.2. The first kappa shape index (κ1) is 20.0. The van der Waals surface area contributed by atoms with Crippen molar-refractivity contribution in [1.82, 2.24) is 4.90 Å². The number of aromatic hydroxyl groups is 1. The van der Waals surface area contributed by atoms with E-state index in [9.17, 15) is 15.0 Å². The summed E-state index contributed by atoms with van der Waals surface area (Å²) >= 11 is 0. The zero-order valence-electron chi connectivity index (χ0n) is 16.2. The molecule has 0 aliphatic heterocycles. The fourth-order valence-electron chi connectivity index (χ4n) is 3.67. The molecule has 0 bridgehead atoms. The molecule has 2 aromatic carbocycles. The van der Waals surface area contributed by atoms with Crippen LogP contribution in [0.4, 0.5) is 0 Å². The zero-order valence-corrected chi connectivity index (χ0v) is 16.2. The van der Waals surface area contributed by atoms with Gasteiger partial charge < -0.3 is 24.6 Å². The summed E-state index contributed by atoms with van der Waals surface area (Å²) in [5.74, 6) is 0.692. The van der Waals surface area contributed by atoms with E-state index in [-0.39, 0.29) is 17.2 Å². The third-order valence-electron chi connectivity index (χ3n) is 5.30. The van der Waals surface area contributed by atoms with Gasteiger partial charge in [-0.3, -0.25) is 4.79 Å². The van der Waals surface area contributed by atoms with Crippen LogP contribution in [0.15, 0.2) is 48.5 Å². The number of benzene rings is 2. The van der Waals surface area contributed by atoms with Crippen LogP contribution in [0.5, 0.6) is 17.2 Å². The second-order valence-electron chi connectivity index (χ2n) is 7.11. The number of likely N-dealkylation sites (N-methyl/N-ethyl adjacent to an activating group) is 1. The minimum atomic E-state index is -0.822. The number of aliphatic hydroxyl groups is 1. The highest BCUT2D eigenvalue weighted by Crippen LogP contribution is 2.29. The Hall–Kier alpha value is -2.73. The second kappa shape index (κ2) is 8.97. The van der Waals surface area contributed by atoms with E-state index in [1.165, 1.54) is 24.1 Å². The maximum Gasteiger partial charge on any atom is 0.257 e. The van der Waals surface area contributed by atoms with Crippen LogP contribution >= 0.6 is 0 Å². The first-order valence-corrected chi connectivity index (χ1v) is 9.55. The lowest BCUT2D eigenvalue weighted by Gasteiger charge is -2.34. The van der Waals surface area contributed by atoms with Crippen molar-refractivity contribution in [2.75, 3.05) is 14.2 Å². The first-order chi connectivity index (χ1) is 13.5. The Bertz CT molecular complexity index is 795. The van der Waals surface area contributed by atoms with Crippen molar-refractivity contribution in [3.63, 3.8) is 0 Å². The maximum atomic E-state index is 13.0. The van der Waals surface area contributed by atoms with Gasteiger partial charge in [0.1, 0.15) is 29.5 Å². The number of nitrogens with zero attached hydrogens (tertiary/aromatic N) is 1. The molecule has 0 saturated heterocycles. The van der Waals surface area contributed by atoms with Crippen LogP contribution < -0.4 is 9.47 Å². The maximum absolute atomic E-state index is 13.0. The molecule has 0 spiro atoms. The second-order valence-corrected chi connectivity index (χ2v) is 7.11. The monoisotopic (exact) mass is 385 g/mol. The number of aliphatic hydroxyl groups excluding tert-OH is 1. The molecule has 1 fully saturated rings. The third kappa shape index (κ3) is 4.39. The molecule has 3 rings (SSSR count). The molecule has 2 N–H and O–H groups in total. The van der Waals surface area contributed by atoms with E-state index < -0.39 is 18.2 Å². The molecule has 1 aliphatic rings. The number of carbonyl (C=O) groups excluding carboxylic acids is 1. The van der Waals surface area contributed by atoms with Gasteiger partial charge in [-0.15, -0.1) is 0 Å². The molecule has 0 aromatic heterocycles. The summed E-state index contributed by atoms with van der Waals surface area (Å²) in [5.41, 5.74) is 0.181. The highest BCUT2D eigenvalue weighted by molar-refractivity contribution is 5.97. The van der Waals surface area contributed by atoms with Gasteiger partial charge in [0.05, 0.1) is 18.7 Å². The van der Waals surface area contributed by atoms with Crippen LogP contribution in [0.3, 0.4) is 0 Å². The van der Waals surface area contributed by atoms with Crippen molar-refractivity contribution in [1.29, 1.82) is 0 Å². The smallest absolute Gasteiger partial charge is 0.257 e. The van der Waals surface area contributed by atoms with Crippen molar-refractivity contribution in [2.45, 2.75) is 43.9 Å². The number of hydrogen-bond acceptors (Lipinski definition) is 5. The number of ether oxygens (including phenoxy) is 2. The van der Waals surface area contributed by atoms with E-state index in [4.69, 9.17) is 9.47 Å². The van der Waals surface area contributed by atoms with E-state index in [0.717, 1.165) is 19.3 Å². The average Bonchev–Trinajstić information content (AvgIpc) is 2.89. The van der Waals surface area contributed by atoms with Gasteiger partial charge in [-0.25, -0.2) is 0 Å². The molecule has 1 saturated carbocycles. The summed E-state index contributed by atoms with van der Waals surface area (Å²) in [6.45, 7) is 0. The predicted octanol–water partition coefficient (Wildman–Crippen LogP) is 3.22. The van der Waals surface area contributed by atoms with Gasteiger partial charge in [0, 0.05) is 13.1 Å². The fourth-order valence-corrected chi connectivity index (χ4v) is 3.67. The lowest BCUT2D eigenvalue weighted by Crippen LogP contribution is -2.50. The highest BCUT2D eigenvalue weighted by atomic mass is 16.5. The summed E-state index contributed by atoms with van der Waals surface area (Å²) in [6, 6.07) is 13.6. The molecule has 0 heterocycles. The van der Waals surface area contributed by atoms with Crippen molar-refractivity contribution >= 4 is 5.91 Å². The number of methoxy groups -OCH3 is 1. The van der Waals surface area contributed by atoms with Crippen LogP contribution in [0.1, 0.15) is 36.0 Å². The Morgan fingerprint density at radius 2 is 1.79 bits per heavy atom. The van der Waals surface area contributed by atoms with Gasteiger partial charge in [0.25, 0.3) is 5.91 Å². The van der Waals surface area contributed by atoms with E-state index in [1.807, 2.05) is 30.3 Å². The number of rotatable bonds is 5. The average molecular weight is 385 g/mol. The van der Waals surface area contributed by atoms with Gasteiger partial charge in [-0.2, -0.15) is 0 Å². The number of hydrogen-bond donors (Lipinski definition) is 2. The molecule has 1 aliphatic carbocycles. The molecule has 6 nitrogen and oxygen atoms in total. The topological polar surface area (TPSA) is 79.2 Å². The van der Waals surface area contributed by atoms with Crippen molar-refractivity contribution in [2.24, 2.45) is 0 Å². The molecule has 28 heavy (non-hydrogen) atoms. The molecule has 3 atom stereocenters. The molecule has 150 valence electrons. The fraction of sp³-hybridized carbons (Fsp3) is 0.409. The molecule has 2 aromatic rings. The number of carbonyl (C=O) groups is 1. The third-order valence-corrected chi connectivity index (χ3v) is 5.30. The zero-order chi connectivity index (χ0) is 20.1. The summed E-state index contributed by atoms with van der Waals surface area (Å²) in [4.78, 5) is 14.5. The van der Waals surface area contributed by atoms with Gasteiger partial charge in [0.15, 0.2) is 0 Å². The van der Waals surface area contributed by atoms with E-state index in [0.29, 0.717) is 17.9 Å². The van der Waals surface area contributed by atoms with E-state index in [2.05, 4.69) is 0 Å². The highest BCUT2D eigenvalue weighted by Gasteiger charge is 2.36. The summed E-state index contributed by atoms with van der Waals surface area (Å²) in [6.07, 6.45) is 1.99. The van der Waals surface area contributed by atoms with Crippen LogP contribution in [-0.2, 0) is 0 Å². The van der Waals surface area contributed by atoms with E-state index >= 15 is 0 Å². The summed E-state index contributed by atoms with van der Waals surface area (Å²) < 4.78 is 11.1. The number of phenols is 1. The summed E-state index contributed by atoms with van der Waals surface area (Å²) in [7, 11) is 3.15. The first-order valence-electron chi connectivity index (χ1n) is 9.55. The minimum Gasteiger partial charge on any atom is -0.507 e. The van der Waals surface area contributed by atoms with Crippen molar-refractivity contribution < 1.29 is 24.5 Å². The van der Waals surface area contributed by atoms with Crippen LogP contribution in [0.25, 0.3) is 0 Å². The van der Waals surface area contributed by atoms with Gasteiger partial charge in [0.2, 0.25) is 0 Å². The van der Waals surface area contributed by atoms with E-state index in [1.54, 1.807) is 13.1 Å². The number of phenolic OH excluding ortho intramolecular Hbond substituents is 1. The quantitative estimate of drug-likeness (QED) is 0.773. The van der Waals surface area contributed by atoms with Gasteiger partial charge in [-0.05, 0) is 43.5 Å². The Morgan fingerprint density at radius 3 is 2.46 bits per heavy atom. The van der Waals surface area contributed by atoms with Gasteiger partial charge >= 0.3 is 0 Å². The molecule has 1 amide bonds.